The van der Waals surface area contributed by atoms with Crippen LogP contribution in [0.2, 0.25) is 10.0 Å². The molecule has 22 heteroatoms. The van der Waals surface area contributed by atoms with E-state index >= 15 is 0 Å². The fourth-order valence-corrected chi connectivity index (χ4v) is 4.89. The fraction of sp³-hybridized carbons (Fsp3) is 0.100. The minimum Gasteiger partial charge on any atom is -0.376 e. The molecule has 0 aliphatic heterocycles. The van der Waals surface area contributed by atoms with Gasteiger partial charge in [-0.05, 0) is 72.8 Å². The lowest BCUT2D eigenvalue weighted by atomic mass is 10.0. The van der Waals surface area contributed by atoms with Crippen LogP contribution in [-0.2, 0) is 25.0 Å². The molecule has 278 valence electrons. The van der Waals surface area contributed by atoms with Crippen LogP contribution in [0, 0.1) is 0 Å². The van der Waals surface area contributed by atoms with Gasteiger partial charge in [0, 0.05) is 32.3 Å². The zero-order valence-electron chi connectivity index (χ0n) is 25.5. The quantitative estimate of drug-likeness (QED) is 0.0329. The number of nitrogens with one attached hydrogen (secondary N) is 1. The largest absolute Gasteiger partial charge is 0.534 e. The minimum atomic E-state index is -5.78. The Bertz CT molecular complexity index is 2130. The maximum absolute atomic E-state index is 12.4. The number of amides is 1. The van der Waals surface area contributed by atoms with Gasteiger partial charge in [-0.15, -0.1) is 11.6 Å². The number of halogens is 9. The Morgan fingerprint density at radius 3 is 1.21 bits per heavy atom. The first-order chi connectivity index (χ1) is 24.2. The van der Waals surface area contributed by atoms with Crippen LogP contribution in [0.15, 0.2) is 107 Å². The zero-order chi connectivity index (χ0) is 38.9. The van der Waals surface area contributed by atoms with E-state index < -0.39 is 48.7 Å². The monoisotopic (exact) mass is 832 g/mol. The molecular weight excluding hydrogens is 813 g/mol. The van der Waals surface area contributed by atoms with E-state index in [0.717, 1.165) is 24.3 Å². The topological polar surface area (TPSA) is 167 Å². The van der Waals surface area contributed by atoms with E-state index in [2.05, 4.69) is 24.0 Å². The molecule has 1 amide bonds. The van der Waals surface area contributed by atoms with Gasteiger partial charge in [-0.3, -0.25) is 4.79 Å². The molecule has 0 saturated heterocycles. The molecule has 0 spiro atoms. The number of hydrogen-bond acceptors (Lipinski definition) is 10. The van der Waals surface area contributed by atoms with E-state index in [4.69, 9.17) is 40.6 Å². The summed E-state index contributed by atoms with van der Waals surface area (Å²) in [5, 5.41) is 8.56. The molecule has 4 rings (SSSR count). The van der Waals surface area contributed by atoms with Crippen molar-refractivity contribution in [1.29, 1.82) is 0 Å². The molecule has 0 aliphatic carbocycles. The Morgan fingerprint density at radius 2 is 0.923 bits per heavy atom. The molecule has 0 fully saturated rings. The lowest BCUT2D eigenvalue weighted by Crippen LogP contribution is -2.28. The standard InChI is InChI=1S/C16H11Cl2F3N2O4S.C14H10ClF3N2O3S/c17-9-14(24)22-23-15(10-1-5-12(18)6-2-10)11-3-7-13(8-4-11)27-28(25,26)16(19,20)21;15-11-5-1-9(2-6-11)13(20-19)10-3-7-12(8-4-10)23-24(21,22)14(16,17)18/h1-8H,9H2,(H,22,24);1-8H,19H2. The molecule has 0 saturated carbocycles. The van der Waals surface area contributed by atoms with E-state index in [1.54, 1.807) is 48.5 Å². The predicted molar refractivity (Wildman–Crippen MR) is 181 cm³/mol. The lowest BCUT2D eigenvalue weighted by molar-refractivity contribution is -0.118. The molecule has 0 atom stereocenters. The highest BCUT2D eigenvalue weighted by molar-refractivity contribution is 7.88. The second-order valence-corrected chi connectivity index (χ2v) is 13.9. The summed E-state index contributed by atoms with van der Waals surface area (Å²) < 4.78 is 126. The maximum atomic E-state index is 12.4. The predicted octanol–water partition coefficient (Wildman–Crippen LogP) is 6.96. The molecular formula is C30H21Cl3F6N4O7S2. The number of benzene rings is 4. The average Bonchev–Trinajstić information content (AvgIpc) is 3.07. The minimum absolute atomic E-state index is 0.236. The Labute approximate surface area is 306 Å². The van der Waals surface area contributed by atoms with Crippen molar-refractivity contribution >= 4 is 72.4 Å². The third-order valence-electron chi connectivity index (χ3n) is 6.01. The normalized spacial score (nSPS) is 12.7. The third-order valence-corrected chi connectivity index (χ3v) is 8.72. The zero-order valence-corrected chi connectivity index (χ0v) is 29.4. The number of nitrogens with zero attached hydrogens (tertiary/aromatic N) is 2. The van der Waals surface area contributed by atoms with E-state index in [0.29, 0.717) is 38.0 Å². The summed E-state index contributed by atoms with van der Waals surface area (Å²) in [7, 11) is -11.5. The molecule has 0 aromatic heterocycles. The van der Waals surface area contributed by atoms with E-state index in [1.807, 2.05) is 0 Å². The molecule has 0 heterocycles. The molecule has 0 radical (unpaired) electrons. The summed E-state index contributed by atoms with van der Waals surface area (Å²) in [6.45, 7) is 0. The third kappa shape index (κ3) is 11.5. The number of hydrazone groups is 2. The highest BCUT2D eigenvalue weighted by Gasteiger charge is 2.49. The first kappa shape index (κ1) is 41.9. The summed E-state index contributed by atoms with van der Waals surface area (Å²) in [5.41, 5.74) is -6.29. The number of hydrogen-bond donors (Lipinski definition) is 2. The molecule has 11 nitrogen and oxygen atoms in total. The summed E-state index contributed by atoms with van der Waals surface area (Å²) in [5.74, 6) is 3.41. The van der Waals surface area contributed by atoms with Crippen LogP contribution in [0.25, 0.3) is 0 Å². The van der Waals surface area contributed by atoms with Crippen molar-refractivity contribution in [2.24, 2.45) is 16.0 Å². The summed E-state index contributed by atoms with van der Waals surface area (Å²) in [4.78, 5) is 11.4. The van der Waals surface area contributed by atoms with Crippen molar-refractivity contribution in [3.63, 3.8) is 0 Å². The van der Waals surface area contributed by atoms with Crippen molar-refractivity contribution in [2.75, 3.05) is 5.88 Å². The molecule has 0 aliphatic rings. The van der Waals surface area contributed by atoms with Gasteiger partial charge in [0.1, 0.15) is 17.4 Å². The van der Waals surface area contributed by atoms with Gasteiger partial charge in [-0.25, -0.2) is 5.43 Å². The van der Waals surface area contributed by atoms with Gasteiger partial charge in [0.15, 0.2) is 0 Å². The average molecular weight is 834 g/mol. The molecule has 4 aromatic rings. The van der Waals surface area contributed by atoms with Gasteiger partial charge in [0.05, 0.1) is 11.4 Å². The van der Waals surface area contributed by atoms with E-state index in [1.165, 1.54) is 24.3 Å². The van der Waals surface area contributed by atoms with E-state index in [-0.39, 0.29) is 11.6 Å². The van der Waals surface area contributed by atoms with Crippen LogP contribution in [0.1, 0.15) is 22.3 Å². The molecule has 52 heavy (non-hydrogen) atoms. The molecule has 0 bridgehead atoms. The van der Waals surface area contributed by atoms with Crippen molar-refractivity contribution in [3.05, 3.63) is 129 Å². The second kappa shape index (κ2) is 17.3. The van der Waals surface area contributed by atoms with Gasteiger partial charge >= 0.3 is 31.3 Å². The van der Waals surface area contributed by atoms with Crippen molar-refractivity contribution in [2.45, 2.75) is 11.0 Å². The Kier molecular flexibility index (Phi) is 13.9. The first-order valence-corrected chi connectivity index (χ1v) is 17.7. The Balaban J connectivity index is 0.000000284. The maximum Gasteiger partial charge on any atom is 0.534 e. The van der Waals surface area contributed by atoms with Crippen LogP contribution >= 0.6 is 34.8 Å². The molecule has 3 N–H and O–H groups in total. The van der Waals surface area contributed by atoms with Gasteiger partial charge in [0.25, 0.3) is 5.91 Å². The van der Waals surface area contributed by atoms with Crippen LogP contribution in [-0.4, -0.2) is 51.1 Å². The van der Waals surface area contributed by atoms with Gasteiger partial charge in [-0.1, -0.05) is 47.5 Å². The summed E-state index contributed by atoms with van der Waals surface area (Å²) in [6.07, 6.45) is 0. The smallest absolute Gasteiger partial charge is 0.376 e. The Morgan fingerprint density at radius 1 is 0.615 bits per heavy atom. The van der Waals surface area contributed by atoms with Crippen molar-refractivity contribution < 1.29 is 56.3 Å². The molecule has 0 unspecified atom stereocenters. The highest BCUT2D eigenvalue weighted by Crippen LogP contribution is 2.29. The number of rotatable bonds is 10. The van der Waals surface area contributed by atoms with Crippen LogP contribution in [0.3, 0.4) is 0 Å². The summed E-state index contributed by atoms with van der Waals surface area (Å²) in [6, 6.07) is 22.3. The number of alkyl halides is 7. The number of carbonyl (C=O) groups excluding carboxylic acids is 1. The van der Waals surface area contributed by atoms with Crippen molar-refractivity contribution in [1.82, 2.24) is 5.43 Å². The van der Waals surface area contributed by atoms with Crippen LogP contribution in [0.4, 0.5) is 26.3 Å². The van der Waals surface area contributed by atoms with Gasteiger partial charge in [0.2, 0.25) is 0 Å². The number of nitrogens with two attached hydrogens (primary N) is 1. The number of carbonyl (C=O) groups is 1. The van der Waals surface area contributed by atoms with Crippen LogP contribution in [0.5, 0.6) is 11.5 Å². The lowest BCUT2D eigenvalue weighted by Gasteiger charge is -2.11. The molecule has 4 aromatic carbocycles. The fourth-order valence-electron chi connectivity index (χ4n) is 3.66. The SMILES string of the molecule is NN=C(c1ccc(Cl)cc1)c1ccc(OS(=O)(=O)C(F)(F)F)cc1.O=C(CCl)NN=C(c1ccc(Cl)cc1)c1ccc(OS(=O)(=O)C(F)(F)F)cc1. The highest BCUT2D eigenvalue weighted by atomic mass is 35.5. The van der Waals surface area contributed by atoms with Gasteiger partial charge < -0.3 is 14.2 Å². The van der Waals surface area contributed by atoms with Crippen LogP contribution < -0.4 is 19.6 Å². The van der Waals surface area contributed by atoms with E-state index in [9.17, 15) is 48.0 Å². The summed E-state index contributed by atoms with van der Waals surface area (Å²) >= 11 is 17.0. The first-order valence-electron chi connectivity index (χ1n) is 13.6. The van der Waals surface area contributed by atoms with Crippen molar-refractivity contribution in [3.8, 4) is 11.5 Å². The second-order valence-electron chi connectivity index (χ2n) is 9.64. The Hall–Kier alpha value is -4.56. The van der Waals surface area contributed by atoms with Gasteiger partial charge in [-0.2, -0.15) is 53.4 Å².